The van der Waals surface area contributed by atoms with Gasteiger partial charge in [0.2, 0.25) is 0 Å². The highest BCUT2D eigenvalue weighted by molar-refractivity contribution is 5.75. The molecule has 0 atom stereocenters. The van der Waals surface area contributed by atoms with Crippen LogP contribution in [0.2, 0.25) is 0 Å². The first kappa shape index (κ1) is 13.8. The molecule has 0 aliphatic rings. The van der Waals surface area contributed by atoms with Crippen LogP contribution in [0.3, 0.4) is 0 Å². The van der Waals surface area contributed by atoms with Gasteiger partial charge in [-0.25, -0.2) is 0 Å². The lowest BCUT2D eigenvalue weighted by Gasteiger charge is -2.20. The first-order valence-corrected chi connectivity index (χ1v) is 5.05. The highest BCUT2D eigenvalue weighted by Crippen LogP contribution is 2.21. The number of allylic oxidation sites excluding steroid dienone is 1. The van der Waals surface area contributed by atoms with Crippen molar-refractivity contribution in [3.05, 3.63) is 25.0 Å². The van der Waals surface area contributed by atoms with E-state index in [0.717, 1.165) is 6.42 Å². The average molecular weight is 212 g/mol. The largest absolute Gasteiger partial charge is 0.491 e. The van der Waals surface area contributed by atoms with Gasteiger partial charge in [0.15, 0.2) is 0 Å². The van der Waals surface area contributed by atoms with Gasteiger partial charge < -0.3 is 9.47 Å². The van der Waals surface area contributed by atoms with E-state index in [0.29, 0.717) is 12.4 Å². The van der Waals surface area contributed by atoms with E-state index in [9.17, 15) is 4.79 Å². The second kappa shape index (κ2) is 6.27. The molecule has 3 heteroatoms. The lowest BCUT2D eigenvalue weighted by Crippen LogP contribution is -2.26. The molecule has 3 nitrogen and oxygen atoms in total. The van der Waals surface area contributed by atoms with E-state index in [4.69, 9.17) is 9.47 Å². The van der Waals surface area contributed by atoms with Crippen LogP contribution in [0.4, 0.5) is 0 Å². The van der Waals surface area contributed by atoms with Crippen LogP contribution in [0.15, 0.2) is 25.0 Å². The van der Waals surface area contributed by atoms with Crippen LogP contribution < -0.4 is 0 Å². The molecule has 0 aliphatic heterocycles. The summed E-state index contributed by atoms with van der Waals surface area (Å²) in [6, 6.07) is 0. The van der Waals surface area contributed by atoms with Crippen molar-refractivity contribution in [2.45, 2.75) is 27.2 Å². The fourth-order valence-electron chi connectivity index (χ4n) is 0.706. The van der Waals surface area contributed by atoms with E-state index in [1.807, 2.05) is 20.8 Å². The predicted octanol–water partition coefficient (Wildman–Crippen LogP) is 2.68. The van der Waals surface area contributed by atoms with Crippen molar-refractivity contribution in [1.29, 1.82) is 0 Å². The summed E-state index contributed by atoms with van der Waals surface area (Å²) in [5.41, 5.74) is -0.421. The van der Waals surface area contributed by atoms with Gasteiger partial charge in [-0.15, -0.1) is 0 Å². The van der Waals surface area contributed by atoms with Crippen LogP contribution >= 0.6 is 0 Å². The van der Waals surface area contributed by atoms with E-state index in [1.54, 1.807) is 0 Å². The number of hydrogen-bond donors (Lipinski definition) is 0. The first-order chi connectivity index (χ1) is 6.94. The van der Waals surface area contributed by atoms with Crippen molar-refractivity contribution >= 4 is 5.97 Å². The van der Waals surface area contributed by atoms with Gasteiger partial charge in [0, 0.05) is 0 Å². The molecule has 0 saturated carbocycles. The summed E-state index contributed by atoms with van der Waals surface area (Å²) in [6.07, 6.45) is 2.27. The van der Waals surface area contributed by atoms with E-state index in [2.05, 4.69) is 13.2 Å². The number of carbonyl (C=O) groups is 1. The smallest absolute Gasteiger partial charge is 0.311 e. The molecule has 0 fully saturated rings. The van der Waals surface area contributed by atoms with Crippen LogP contribution in [0.25, 0.3) is 0 Å². The Bertz CT molecular complexity index is 241. The molecule has 0 heterocycles. The van der Waals surface area contributed by atoms with Crippen LogP contribution in [-0.2, 0) is 14.3 Å². The first-order valence-electron chi connectivity index (χ1n) is 5.05. The molecule has 0 N–H and O–H groups in total. The minimum Gasteiger partial charge on any atom is -0.491 e. The molecule has 0 spiro atoms. The number of hydrogen-bond acceptors (Lipinski definition) is 3. The lowest BCUT2D eigenvalue weighted by atomic mass is 9.91. The van der Waals surface area contributed by atoms with Gasteiger partial charge in [0.1, 0.15) is 19.0 Å². The second-order valence-corrected chi connectivity index (χ2v) is 3.89. The predicted molar refractivity (Wildman–Crippen MR) is 60.3 cm³/mol. The Balaban J connectivity index is 3.73. The molecule has 0 aromatic carbocycles. The highest BCUT2D eigenvalue weighted by atomic mass is 16.6. The summed E-state index contributed by atoms with van der Waals surface area (Å²) in [5, 5.41) is 0. The zero-order valence-corrected chi connectivity index (χ0v) is 9.84. The average Bonchev–Trinajstić information content (AvgIpc) is 2.23. The molecule has 0 bridgehead atoms. The minimum absolute atomic E-state index is 0.196. The number of rotatable bonds is 7. The lowest BCUT2D eigenvalue weighted by molar-refractivity contribution is -0.155. The fraction of sp³-hybridized carbons (Fsp3) is 0.583. The highest BCUT2D eigenvalue weighted by Gasteiger charge is 2.26. The monoisotopic (exact) mass is 212 g/mol. The van der Waals surface area contributed by atoms with Crippen molar-refractivity contribution in [3.8, 4) is 0 Å². The van der Waals surface area contributed by atoms with E-state index < -0.39 is 5.41 Å². The third kappa shape index (κ3) is 5.25. The second-order valence-electron chi connectivity index (χ2n) is 3.89. The quantitative estimate of drug-likeness (QED) is 0.282. The maximum absolute atomic E-state index is 11.5. The van der Waals surface area contributed by atoms with Gasteiger partial charge >= 0.3 is 5.97 Å². The van der Waals surface area contributed by atoms with Gasteiger partial charge in [-0.05, 0) is 26.3 Å². The van der Waals surface area contributed by atoms with E-state index >= 15 is 0 Å². The normalized spacial score (nSPS) is 10.6. The standard InChI is InChI=1S/C12H20O3/c1-6-10(3)14-8-9-15-11(13)12(4,5)7-2/h6H,1,3,7-9H2,2,4-5H3. The Labute approximate surface area is 91.8 Å². The number of carbonyl (C=O) groups excluding carboxylic acids is 1. The van der Waals surface area contributed by atoms with Gasteiger partial charge in [0.25, 0.3) is 0 Å². The summed E-state index contributed by atoms with van der Waals surface area (Å²) < 4.78 is 10.2. The molecule has 0 aliphatic carbocycles. The Kier molecular flexibility index (Phi) is 5.75. The molecule has 0 saturated heterocycles. The van der Waals surface area contributed by atoms with Crippen molar-refractivity contribution in [1.82, 2.24) is 0 Å². The summed E-state index contributed by atoms with van der Waals surface area (Å²) >= 11 is 0. The maximum atomic E-state index is 11.5. The summed E-state index contributed by atoms with van der Waals surface area (Å²) in [7, 11) is 0. The van der Waals surface area contributed by atoms with Crippen LogP contribution in [-0.4, -0.2) is 19.2 Å². The molecular formula is C12H20O3. The van der Waals surface area contributed by atoms with Crippen LogP contribution in [0.5, 0.6) is 0 Å². The Morgan fingerprint density at radius 1 is 1.33 bits per heavy atom. The topological polar surface area (TPSA) is 35.5 Å². The molecule has 0 rings (SSSR count). The maximum Gasteiger partial charge on any atom is 0.311 e. The summed E-state index contributed by atoms with van der Waals surface area (Å²) in [6.45, 7) is 13.3. The van der Waals surface area contributed by atoms with Crippen molar-refractivity contribution < 1.29 is 14.3 Å². The van der Waals surface area contributed by atoms with Gasteiger partial charge in [-0.3, -0.25) is 4.79 Å². The van der Waals surface area contributed by atoms with Crippen molar-refractivity contribution in [3.63, 3.8) is 0 Å². The molecule has 0 aromatic rings. The van der Waals surface area contributed by atoms with Crippen LogP contribution in [0.1, 0.15) is 27.2 Å². The van der Waals surface area contributed by atoms with Crippen molar-refractivity contribution in [2.24, 2.45) is 5.41 Å². The zero-order valence-electron chi connectivity index (χ0n) is 9.84. The molecule has 0 aromatic heterocycles. The Hall–Kier alpha value is -1.25. The van der Waals surface area contributed by atoms with E-state index in [1.165, 1.54) is 6.08 Å². The van der Waals surface area contributed by atoms with Gasteiger partial charge in [-0.2, -0.15) is 0 Å². The van der Waals surface area contributed by atoms with E-state index in [-0.39, 0.29) is 12.6 Å². The minimum atomic E-state index is -0.421. The zero-order chi connectivity index (χ0) is 11.9. The Morgan fingerprint density at radius 2 is 1.87 bits per heavy atom. The van der Waals surface area contributed by atoms with Crippen molar-refractivity contribution in [2.75, 3.05) is 13.2 Å². The molecule has 0 amide bonds. The third-order valence-electron chi connectivity index (χ3n) is 2.27. The SMILES string of the molecule is C=CC(=C)OCCOC(=O)C(C)(C)CC. The van der Waals surface area contributed by atoms with Crippen LogP contribution in [0, 0.1) is 5.41 Å². The number of esters is 1. The molecule has 0 radical (unpaired) electrons. The molecule has 86 valence electrons. The number of ether oxygens (including phenoxy) is 2. The molecule has 0 unspecified atom stereocenters. The molecule has 15 heavy (non-hydrogen) atoms. The van der Waals surface area contributed by atoms with Gasteiger partial charge in [-0.1, -0.05) is 20.1 Å². The van der Waals surface area contributed by atoms with Gasteiger partial charge in [0.05, 0.1) is 5.41 Å². The summed E-state index contributed by atoms with van der Waals surface area (Å²) in [4.78, 5) is 11.5. The fourth-order valence-corrected chi connectivity index (χ4v) is 0.706. The Morgan fingerprint density at radius 3 is 2.33 bits per heavy atom. The summed E-state index contributed by atoms with van der Waals surface area (Å²) in [5.74, 6) is 0.290. The molecular weight excluding hydrogens is 192 g/mol. The third-order valence-corrected chi connectivity index (χ3v) is 2.27.